The van der Waals surface area contributed by atoms with Gasteiger partial charge < -0.3 is 18.6 Å². The van der Waals surface area contributed by atoms with E-state index in [2.05, 4.69) is 28.2 Å². The van der Waals surface area contributed by atoms with Gasteiger partial charge in [-0.3, -0.25) is 4.79 Å². The van der Waals surface area contributed by atoms with Crippen LogP contribution in [0.5, 0.6) is 0 Å². The monoisotopic (exact) mass is 467 g/mol. The van der Waals surface area contributed by atoms with Crippen molar-refractivity contribution in [2.75, 3.05) is 26.1 Å². The number of rotatable bonds is 11. The molecule has 1 fully saturated rings. The molecule has 3 heterocycles. The molecular formula is C26H33N3O3S. The molecule has 0 radical (unpaired) electrons. The topological polar surface area (TPSA) is 58.3 Å². The molecule has 0 amide bonds. The lowest BCUT2D eigenvalue weighted by Crippen LogP contribution is -2.17. The Morgan fingerprint density at radius 3 is 2.79 bits per heavy atom. The number of ketones is 1. The summed E-state index contributed by atoms with van der Waals surface area (Å²) < 4.78 is 15.5. The summed E-state index contributed by atoms with van der Waals surface area (Å²) in [5.41, 5.74) is 5.14. The fourth-order valence-electron chi connectivity index (χ4n) is 4.48. The number of nitrogens with zero attached hydrogens (tertiary/aromatic N) is 3. The lowest BCUT2D eigenvalue weighted by atomic mass is 10.1. The molecule has 1 atom stereocenters. The third kappa shape index (κ3) is 5.60. The third-order valence-corrected chi connectivity index (χ3v) is 7.23. The van der Waals surface area contributed by atoms with Crippen LogP contribution in [0.2, 0.25) is 0 Å². The highest BCUT2D eigenvalue weighted by Gasteiger charge is 2.22. The van der Waals surface area contributed by atoms with Crippen LogP contribution in [-0.2, 0) is 22.6 Å². The average Bonchev–Trinajstić information content (AvgIpc) is 3.55. The van der Waals surface area contributed by atoms with Crippen LogP contribution in [0.25, 0.3) is 11.3 Å². The summed E-state index contributed by atoms with van der Waals surface area (Å²) in [6.07, 6.45) is 5.20. The zero-order valence-corrected chi connectivity index (χ0v) is 20.6. The molecule has 33 heavy (non-hydrogen) atoms. The van der Waals surface area contributed by atoms with Gasteiger partial charge in [0, 0.05) is 43.8 Å². The van der Waals surface area contributed by atoms with Crippen LogP contribution in [0.1, 0.15) is 41.0 Å². The minimum Gasteiger partial charge on any atom is -0.385 e. The predicted octanol–water partition coefficient (Wildman–Crippen LogP) is 5.16. The molecule has 1 aliphatic heterocycles. The van der Waals surface area contributed by atoms with Crippen LogP contribution in [0.15, 0.2) is 47.8 Å². The Balaban J connectivity index is 1.50. The molecule has 7 heteroatoms. The van der Waals surface area contributed by atoms with Crippen LogP contribution in [-0.4, -0.2) is 52.1 Å². The summed E-state index contributed by atoms with van der Waals surface area (Å²) in [5.74, 6) is 0.498. The van der Waals surface area contributed by atoms with Gasteiger partial charge in [-0.1, -0.05) is 42.1 Å². The zero-order valence-electron chi connectivity index (χ0n) is 19.8. The number of imidazole rings is 1. The Morgan fingerprint density at radius 1 is 1.24 bits per heavy atom. The first-order valence-electron chi connectivity index (χ1n) is 11.6. The summed E-state index contributed by atoms with van der Waals surface area (Å²) in [5, 5.41) is 0.867. The zero-order chi connectivity index (χ0) is 23.2. The van der Waals surface area contributed by atoms with Crippen molar-refractivity contribution in [2.45, 2.75) is 57.5 Å². The average molecular weight is 468 g/mol. The Kier molecular flexibility index (Phi) is 8.06. The van der Waals surface area contributed by atoms with Crippen molar-refractivity contribution in [1.29, 1.82) is 0 Å². The molecule has 0 bridgehead atoms. The molecule has 0 aliphatic carbocycles. The highest BCUT2D eigenvalue weighted by molar-refractivity contribution is 7.99. The van der Waals surface area contributed by atoms with E-state index in [0.717, 1.165) is 72.3 Å². The molecule has 1 unspecified atom stereocenters. The molecule has 2 aromatic heterocycles. The molecule has 1 aliphatic rings. The molecule has 0 spiro atoms. The molecule has 1 aromatic carbocycles. The number of benzene rings is 1. The second-order valence-corrected chi connectivity index (χ2v) is 9.47. The molecular weight excluding hydrogens is 434 g/mol. The van der Waals surface area contributed by atoms with Crippen LogP contribution in [0, 0.1) is 13.8 Å². The number of hydrogen-bond donors (Lipinski definition) is 0. The summed E-state index contributed by atoms with van der Waals surface area (Å²) in [6.45, 7) is 7.25. The molecule has 4 rings (SSSR count). The van der Waals surface area contributed by atoms with Crippen molar-refractivity contribution in [3.05, 3.63) is 59.5 Å². The summed E-state index contributed by atoms with van der Waals surface area (Å²) in [6, 6.07) is 12.3. The molecule has 0 saturated carbocycles. The van der Waals surface area contributed by atoms with Gasteiger partial charge in [0.1, 0.15) is 0 Å². The van der Waals surface area contributed by atoms with E-state index in [1.807, 2.05) is 37.4 Å². The van der Waals surface area contributed by atoms with E-state index in [4.69, 9.17) is 14.5 Å². The second kappa shape index (κ2) is 11.2. The van der Waals surface area contributed by atoms with E-state index in [9.17, 15) is 4.79 Å². The normalized spacial score (nSPS) is 15.9. The van der Waals surface area contributed by atoms with Gasteiger partial charge in [-0.05, 0) is 44.7 Å². The maximum Gasteiger partial charge on any atom is 0.175 e. The Labute approximate surface area is 200 Å². The standard InChI is InChI=1S/C26H33N3O3S/c1-19-15-23(20(2)28(19)12-8-13-31-3)25(30)18-33-26-27-16-24(21-9-5-4-6-10-21)29(26)17-22-11-7-14-32-22/h4-6,9-10,15-16,22H,7-8,11-14,17-18H2,1-3H3. The highest BCUT2D eigenvalue weighted by Crippen LogP contribution is 2.29. The number of Topliss-reactive ketones (excluding diaryl/α,β-unsaturated/α-hetero) is 1. The van der Waals surface area contributed by atoms with Gasteiger partial charge in [0.05, 0.1) is 30.3 Å². The molecule has 176 valence electrons. The maximum absolute atomic E-state index is 13.1. The first kappa shape index (κ1) is 23.8. The van der Waals surface area contributed by atoms with Crippen molar-refractivity contribution in [3.63, 3.8) is 0 Å². The van der Waals surface area contributed by atoms with Crippen molar-refractivity contribution >= 4 is 17.5 Å². The van der Waals surface area contributed by atoms with Gasteiger partial charge in [0.2, 0.25) is 0 Å². The molecule has 3 aromatic rings. The van der Waals surface area contributed by atoms with Crippen molar-refractivity contribution in [2.24, 2.45) is 0 Å². The van der Waals surface area contributed by atoms with E-state index < -0.39 is 0 Å². The molecule has 0 N–H and O–H groups in total. The van der Waals surface area contributed by atoms with Gasteiger partial charge in [0.25, 0.3) is 0 Å². The Hall–Kier alpha value is -2.35. The largest absolute Gasteiger partial charge is 0.385 e. The van der Waals surface area contributed by atoms with Crippen LogP contribution in [0.3, 0.4) is 0 Å². The number of aromatic nitrogens is 3. The lowest BCUT2D eigenvalue weighted by Gasteiger charge is -2.16. The number of ether oxygens (including phenoxy) is 2. The minimum atomic E-state index is 0.138. The van der Waals surface area contributed by atoms with Crippen LogP contribution < -0.4 is 0 Å². The summed E-state index contributed by atoms with van der Waals surface area (Å²) in [4.78, 5) is 17.8. The highest BCUT2D eigenvalue weighted by atomic mass is 32.2. The van der Waals surface area contributed by atoms with Gasteiger partial charge in [-0.2, -0.15) is 0 Å². The number of carbonyl (C=O) groups is 1. The van der Waals surface area contributed by atoms with E-state index >= 15 is 0 Å². The number of methoxy groups -OCH3 is 1. The second-order valence-electron chi connectivity index (χ2n) is 8.53. The minimum absolute atomic E-state index is 0.138. The van der Waals surface area contributed by atoms with E-state index in [1.54, 1.807) is 7.11 Å². The quantitative estimate of drug-likeness (QED) is 0.221. The van der Waals surface area contributed by atoms with E-state index in [1.165, 1.54) is 11.8 Å². The fraction of sp³-hybridized carbons (Fsp3) is 0.462. The third-order valence-electron chi connectivity index (χ3n) is 6.24. The van der Waals surface area contributed by atoms with E-state index in [0.29, 0.717) is 12.4 Å². The van der Waals surface area contributed by atoms with Crippen molar-refractivity contribution in [3.8, 4) is 11.3 Å². The van der Waals surface area contributed by atoms with Gasteiger partial charge in [0.15, 0.2) is 10.9 Å². The number of hydrogen-bond acceptors (Lipinski definition) is 5. The number of carbonyl (C=O) groups excluding carboxylic acids is 1. The summed E-state index contributed by atoms with van der Waals surface area (Å²) in [7, 11) is 1.72. The van der Waals surface area contributed by atoms with Gasteiger partial charge >= 0.3 is 0 Å². The van der Waals surface area contributed by atoms with E-state index in [-0.39, 0.29) is 11.9 Å². The Bertz CT molecular complexity index is 1070. The van der Waals surface area contributed by atoms with Gasteiger partial charge in [-0.15, -0.1) is 0 Å². The molecule has 6 nitrogen and oxygen atoms in total. The van der Waals surface area contributed by atoms with Crippen LogP contribution in [0.4, 0.5) is 0 Å². The lowest BCUT2D eigenvalue weighted by molar-refractivity contribution is 0.0954. The first-order chi connectivity index (χ1) is 16.1. The number of thioether (sulfide) groups is 1. The van der Waals surface area contributed by atoms with Crippen molar-refractivity contribution < 1.29 is 14.3 Å². The maximum atomic E-state index is 13.1. The summed E-state index contributed by atoms with van der Waals surface area (Å²) >= 11 is 1.51. The van der Waals surface area contributed by atoms with Crippen molar-refractivity contribution in [1.82, 2.24) is 14.1 Å². The Morgan fingerprint density at radius 2 is 2.06 bits per heavy atom. The first-order valence-corrected chi connectivity index (χ1v) is 12.6. The molecule has 1 saturated heterocycles. The SMILES string of the molecule is COCCCn1c(C)cc(C(=O)CSc2ncc(-c3ccccc3)n2CC2CCCO2)c1C. The smallest absolute Gasteiger partial charge is 0.175 e. The van der Waals surface area contributed by atoms with Crippen LogP contribution >= 0.6 is 11.8 Å². The predicted molar refractivity (Wildman–Crippen MR) is 132 cm³/mol. The fourth-order valence-corrected chi connectivity index (χ4v) is 5.36. The van der Waals surface area contributed by atoms with Gasteiger partial charge in [-0.25, -0.2) is 4.98 Å². The number of aryl methyl sites for hydroxylation is 1.